The fraction of sp³-hybridized carbons (Fsp3) is 0.421. The van der Waals surface area contributed by atoms with Crippen LogP contribution >= 0.6 is 0 Å². The zero-order valence-corrected chi connectivity index (χ0v) is 15.6. The molecule has 1 aromatic carbocycles. The van der Waals surface area contributed by atoms with E-state index in [4.69, 9.17) is 15.2 Å². The first-order valence-electron chi connectivity index (χ1n) is 9.05. The van der Waals surface area contributed by atoms with E-state index in [0.717, 1.165) is 24.3 Å². The quantitative estimate of drug-likeness (QED) is 0.747. The Morgan fingerprint density at radius 1 is 1.26 bits per heavy atom. The number of carbonyl (C=O) groups is 1. The maximum absolute atomic E-state index is 11.7. The van der Waals surface area contributed by atoms with Crippen LogP contribution in [0.25, 0.3) is 0 Å². The smallest absolute Gasteiger partial charge is 0.308 e. The first-order valence-corrected chi connectivity index (χ1v) is 9.05. The van der Waals surface area contributed by atoms with Crippen molar-refractivity contribution in [2.24, 2.45) is 5.92 Å². The number of hydrogen-bond acceptors (Lipinski definition) is 8. The third kappa shape index (κ3) is 4.39. The van der Waals surface area contributed by atoms with Gasteiger partial charge in [0.1, 0.15) is 17.8 Å². The Kier molecular flexibility index (Phi) is 5.95. The second-order valence-electron chi connectivity index (χ2n) is 6.33. The van der Waals surface area contributed by atoms with Crippen molar-refractivity contribution >= 4 is 29.0 Å². The van der Waals surface area contributed by atoms with E-state index in [1.807, 2.05) is 31.2 Å². The molecule has 1 aliphatic rings. The van der Waals surface area contributed by atoms with Gasteiger partial charge in [-0.25, -0.2) is 9.97 Å². The molecule has 0 amide bonds. The van der Waals surface area contributed by atoms with Gasteiger partial charge in [0.2, 0.25) is 0 Å². The molecule has 2 aromatic rings. The predicted octanol–water partition coefficient (Wildman–Crippen LogP) is 2.59. The number of ether oxygens (including phenoxy) is 2. The lowest BCUT2D eigenvalue weighted by molar-refractivity contribution is -0.146. The summed E-state index contributed by atoms with van der Waals surface area (Å²) in [7, 11) is 1.43. The first-order chi connectivity index (χ1) is 13.1. The number of benzene rings is 1. The average Bonchev–Trinajstić information content (AvgIpc) is 2.71. The maximum atomic E-state index is 11.7. The van der Waals surface area contributed by atoms with Crippen molar-refractivity contribution in [3.05, 3.63) is 30.6 Å². The minimum absolute atomic E-state index is 0.0595. The maximum Gasteiger partial charge on any atom is 0.308 e. The molecule has 2 heterocycles. The number of nitrogen functional groups attached to an aromatic ring is 1. The van der Waals surface area contributed by atoms with Crippen molar-refractivity contribution in [1.29, 1.82) is 0 Å². The third-order valence-corrected chi connectivity index (χ3v) is 4.62. The monoisotopic (exact) mass is 371 g/mol. The minimum atomic E-state index is -0.150. The number of esters is 1. The first kappa shape index (κ1) is 18.8. The molecule has 8 heteroatoms. The summed E-state index contributed by atoms with van der Waals surface area (Å²) in [6.45, 7) is 3.97. The van der Waals surface area contributed by atoms with Crippen LogP contribution in [-0.4, -0.2) is 42.7 Å². The number of piperidine rings is 1. The molecule has 0 aliphatic carbocycles. The van der Waals surface area contributed by atoms with E-state index in [2.05, 4.69) is 20.2 Å². The molecule has 1 fully saturated rings. The molecular formula is C19H25N5O3. The lowest BCUT2D eigenvalue weighted by Crippen LogP contribution is -2.37. The Morgan fingerprint density at radius 2 is 1.96 bits per heavy atom. The van der Waals surface area contributed by atoms with Gasteiger partial charge in [0.05, 0.1) is 19.6 Å². The van der Waals surface area contributed by atoms with Crippen LogP contribution in [0.15, 0.2) is 30.6 Å². The number of carbonyl (C=O) groups excluding carboxylic acids is 1. The second-order valence-corrected chi connectivity index (χ2v) is 6.33. The van der Waals surface area contributed by atoms with E-state index in [1.165, 1.54) is 13.4 Å². The molecule has 0 unspecified atom stereocenters. The lowest BCUT2D eigenvalue weighted by Gasteiger charge is -2.32. The van der Waals surface area contributed by atoms with Crippen LogP contribution in [0.3, 0.4) is 0 Å². The molecular weight excluding hydrogens is 346 g/mol. The molecule has 0 atom stereocenters. The average molecular weight is 371 g/mol. The van der Waals surface area contributed by atoms with Gasteiger partial charge in [-0.2, -0.15) is 0 Å². The van der Waals surface area contributed by atoms with Crippen molar-refractivity contribution in [2.45, 2.75) is 19.8 Å². The zero-order chi connectivity index (χ0) is 19.2. The summed E-state index contributed by atoms with van der Waals surface area (Å²) in [5, 5.41) is 3.22. The van der Waals surface area contributed by atoms with Gasteiger partial charge in [-0.1, -0.05) is 0 Å². The highest BCUT2D eigenvalue weighted by atomic mass is 16.5. The van der Waals surface area contributed by atoms with Crippen molar-refractivity contribution in [3.8, 4) is 5.75 Å². The SMILES string of the molecule is CCOc1ccc(Nc2ncnc(N3CCC(C(=O)OC)CC3)c2N)cc1. The summed E-state index contributed by atoms with van der Waals surface area (Å²) in [6, 6.07) is 7.60. The van der Waals surface area contributed by atoms with Crippen LogP contribution in [0.2, 0.25) is 0 Å². The number of aromatic nitrogens is 2. The number of nitrogens with one attached hydrogen (secondary N) is 1. The Balaban J connectivity index is 1.70. The van der Waals surface area contributed by atoms with Gasteiger partial charge < -0.3 is 25.4 Å². The minimum Gasteiger partial charge on any atom is -0.494 e. The molecule has 144 valence electrons. The standard InChI is InChI=1S/C19H25N5O3/c1-3-27-15-6-4-14(5-7-15)23-17-16(20)18(22-12-21-17)24-10-8-13(9-11-24)19(25)26-2/h4-7,12-13H,3,8-11,20H2,1-2H3,(H,21,22,23). The van der Waals surface area contributed by atoms with E-state index < -0.39 is 0 Å². The summed E-state index contributed by atoms with van der Waals surface area (Å²) in [6.07, 6.45) is 2.94. The number of anilines is 4. The van der Waals surface area contributed by atoms with Crippen LogP contribution in [0.1, 0.15) is 19.8 Å². The summed E-state index contributed by atoms with van der Waals surface area (Å²) < 4.78 is 10.3. The second kappa shape index (κ2) is 8.57. The van der Waals surface area contributed by atoms with Gasteiger partial charge >= 0.3 is 5.97 Å². The van der Waals surface area contributed by atoms with Crippen LogP contribution in [0.5, 0.6) is 5.75 Å². The van der Waals surface area contributed by atoms with Crippen molar-refractivity contribution < 1.29 is 14.3 Å². The Hall–Kier alpha value is -3.03. The summed E-state index contributed by atoms with van der Waals surface area (Å²) in [5.41, 5.74) is 7.66. The number of hydrogen-bond donors (Lipinski definition) is 2. The highest BCUT2D eigenvalue weighted by Gasteiger charge is 2.27. The van der Waals surface area contributed by atoms with Crippen molar-refractivity contribution in [3.63, 3.8) is 0 Å². The van der Waals surface area contributed by atoms with Crippen LogP contribution in [0, 0.1) is 5.92 Å². The summed E-state index contributed by atoms with van der Waals surface area (Å²) in [5.74, 6) is 1.84. The third-order valence-electron chi connectivity index (χ3n) is 4.62. The number of nitrogens with zero attached hydrogens (tertiary/aromatic N) is 3. The summed E-state index contributed by atoms with van der Waals surface area (Å²) in [4.78, 5) is 22.4. The van der Waals surface area contributed by atoms with Crippen molar-refractivity contribution in [1.82, 2.24) is 9.97 Å². The topological polar surface area (TPSA) is 103 Å². The van der Waals surface area contributed by atoms with Crippen LogP contribution < -0.4 is 20.7 Å². The molecule has 1 aliphatic heterocycles. The highest BCUT2D eigenvalue weighted by molar-refractivity contribution is 5.79. The van der Waals surface area contributed by atoms with Gasteiger partial charge in [0.25, 0.3) is 0 Å². The predicted molar refractivity (Wildman–Crippen MR) is 104 cm³/mol. The lowest BCUT2D eigenvalue weighted by atomic mass is 9.97. The van der Waals surface area contributed by atoms with Gasteiger partial charge in [-0.05, 0) is 44.0 Å². The number of rotatable bonds is 6. The number of methoxy groups -OCH3 is 1. The van der Waals surface area contributed by atoms with E-state index in [1.54, 1.807) is 0 Å². The van der Waals surface area contributed by atoms with Gasteiger partial charge in [-0.15, -0.1) is 0 Å². The summed E-state index contributed by atoms with van der Waals surface area (Å²) >= 11 is 0. The van der Waals surface area contributed by atoms with Crippen molar-refractivity contribution in [2.75, 3.05) is 42.8 Å². The van der Waals surface area contributed by atoms with Crippen LogP contribution in [-0.2, 0) is 9.53 Å². The van der Waals surface area contributed by atoms with Gasteiger partial charge in [-0.3, -0.25) is 4.79 Å². The molecule has 1 saturated heterocycles. The zero-order valence-electron chi connectivity index (χ0n) is 15.6. The Morgan fingerprint density at radius 3 is 2.59 bits per heavy atom. The Bertz CT molecular complexity index is 773. The van der Waals surface area contributed by atoms with Gasteiger partial charge in [0.15, 0.2) is 11.6 Å². The normalized spacial score (nSPS) is 14.7. The van der Waals surface area contributed by atoms with Crippen LogP contribution in [0.4, 0.5) is 23.0 Å². The van der Waals surface area contributed by atoms with E-state index in [9.17, 15) is 4.79 Å². The molecule has 0 radical (unpaired) electrons. The Labute approximate surface area is 158 Å². The molecule has 27 heavy (non-hydrogen) atoms. The van der Waals surface area contributed by atoms with Gasteiger partial charge in [0, 0.05) is 18.8 Å². The molecule has 3 N–H and O–H groups in total. The molecule has 0 saturated carbocycles. The van der Waals surface area contributed by atoms with E-state index in [-0.39, 0.29) is 11.9 Å². The fourth-order valence-electron chi connectivity index (χ4n) is 3.17. The fourth-order valence-corrected chi connectivity index (χ4v) is 3.17. The molecule has 0 spiro atoms. The van der Waals surface area contributed by atoms with E-state index >= 15 is 0 Å². The molecule has 8 nitrogen and oxygen atoms in total. The number of nitrogens with two attached hydrogens (primary N) is 1. The highest BCUT2D eigenvalue weighted by Crippen LogP contribution is 2.31. The molecule has 3 rings (SSSR count). The largest absolute Gasteiger partial charge is 0.494 e. The van der Waals surface area contributed by atoms with E-state index in [0.29, 0.717) is 37.0 Å². The molecule has 1 aromatic heterocycles. The molecule has 0 bridgehead atoms.